The molecular weight excluding hydrogens is 434 g/mol. The van der Waals surface area contributed by atoms with Crippen molar-refractivity contribution in [2.45, 2.75) is 18.9 Å². The molecule has 1 unspecified atom stereocenters. The van der Waals surface area contributed by atoms with Crippen LogP contribution in [0.2, 0.25) is 0 Å². The molecule has 2 aliphatic rings. The molecule has 0 amide bonds. The van der Waals surface area contributed by atoms with Crippen molar-refractivity contribution >= 4 is 33.5 Å². The first kappa shape index (κ1) is 19.9. The van der Waals surface area contributed by atoms with E-state index >= 15 is 0 Å². The Morgan fingerprint density at radius 1 is 1.24 bits per heavy atom. The molecule has 4 rings (SSSR count). The Labute approximate surface area is 179 Å². The summed E-state index contributed by atoms with van der Waals surface area (Å²) in [5, 5.41) is 9.50. The molecule has 29 heavy (non-hydrogen) atoms. The SMILES string of the molecule is CN(c1nccc(N2CCOCC2)n1)C1CCCN(c2ncc(Br)cc2C#N)C1. The summed E-state index contributed by atoms with van der Waals surface area (Å²) in [4.78, 5) is 20.4. The Balaban J connectivity index is 1.51. The second-order valence-corrected chi connectivity index (χ2v) is 8.22. The molecule has 2 fully saturated rings. The van der Waals surface area contributed by atoms with Gasteiger partial charge in [-0.3, -0.25) is 0 Å². The number of nitriles is 1. The van der Waals surface area contributed by atoms with Crippen molar-refractivity contribution in [2.75, 3.05) is 61.1 Å². The number of anilines is 3. The molecule has 2 aliphatic heterocycles. The van der Waals surface area contributed by atoms with Crippen LogP contribution in [0.4, 0.5) is 17.6 Å². The largest absolute Gasteiger partial charge is 0.378 e. The molecule has 8 nitrogen and oxygen atoms in total. The second kappa shape index (κ2) is 8.93. The predicted molar refractivity (Wildman–Crippen MR) is 115 cm³/mol. The van der Waals surface area contributed by atoms with E-state index in [2.05, 4.69) is 46.7 Å². The Bertz CT molecular complexity index is 897. The summed E-state index contributed by atoms with van der Waals surface area (Å²) in [6.07, 6.45) is 5.66. The van der Waals surface area contributed by atoms with Crippen LogP contribution in [-0.4, -0.2) is 67.4 Å². The molecule has 1 atom stereocenters. The van der Waals surface area contributed by atoms with Crippen LogP contribution in [0.1, 0.15) is 18.4 Å². The van der Waals surface area contributed by atoms with Crippen molar-refractivity contribution in [1.29, 1.82) is 5.26 Å². The molecule has 0 bridgehead atoms. The van der Waals surface area contributed by atoms with Gasteiger partial charge >= 0.3 is 0 Å². The fourth-order valence-corrected chi connectivity index (χ4v) is 4.20. The number of hydrogen-bond donors (Lipinski definition) is 0. The van der Waals surface area contributed by atoms with Gasteiger partial charge in [0.1, 0.15) is 17.7 Å². The molecule has 0 N–H and O–H groups in total. The van der Waals surface area contributed by atoms with Gasteiger partial charge in [0.15, 0.2) is 0 Å². The highest BCUT2D eigenvalue weighted by Gasteiger charge is 2.27. The number of ether oxygens (including phenoxy) is 1. The van der Waals surface area contributed by atoms with E-state index < -0.39 is 0 Å². The van der Waals surface area contributed by atoms with Crippen LogP contribution in [0.15, 0.2) is 29.0 Å². The molecule has 2 aromatic rings. The van der Waals surface area contributed by atoms with Crippen LogP contribution in [0.3, 0.4) is 0 Å². The van der Waals surface area contributed by atoms with Gasteiger partial charge in [0, 0.05) is 56.1 Å². The van der Waals surface area contributed by atoms with E-state index in [0.29, 0.717) is 5.56 Å². The Morgan fingerprint density at radius 2 is 2.07 bits per heavy atom. The number of nitrogens with zero attached hydrogens (tertiary/aromatic N) is 7. The van der Waals surface area contributed by atoms with E-state index in [4.69, 9.17) is 9.72 Å². The zero-order valence-corrected chi connectivity index (χ0v) is 18.0. The quantitative estimate of drug-likeness (QED) is 0.692. The van der Waals surface area contributed by atoms with Gasteiger partial charge in [-0.25, -0.2) is 9.97 Å². The van der Waals surface area contributed by atoms with Crippen LogP contribution < -0.4 is 14.7 Å². The average molecular weight is 458 g/mol. The smallest absolute Gasteiger partial charge is 0.227 e. The summed E-state index contributed by atoms with van der Waals surface area (Å²) in [5.41, 5.74) is 0.591. The van der Waals surface area contributed by atoms with Gasteiger partial charge in [-0.2, -0.15) is 10.2 Å². The number of halogens is 1. The summed E-state index contributed by atoms with van der Waals surface area (Å²) in [6, 6.07) is 6.30. The zero-order chi connectivity index (χ0) is 20.2. The van der Waals surface area contributed by atoms with Gasteiger partial charge in [0.05, 0.1) is 18.8 Å². The highest BCUT2D eigenvalue weighted by Crippen LogP contribution is 2.27. The predicted octanol–water partition coefficient (Wildman–Crippen LogP) is 2.45. The average Bonchev–Trinajstić information content (AvgIpc) is 2.79. The molecule has 4 heterocycles. The minimum absolute atomic E-state index is 0.251. The van der Waals surface area contributed by atoms with Crippen molar-refractivity contribution < 1.29 is 4.74 Å². The van der Waals surface area contributed by atoms with E-state index in [1.54, 1.807) is 6.20 Å². The monoisotopic (exact) mass is 457 g/mol. The zero-order valence-electron chi connectivity index (χ0n) is 16.5. The van der Waals surface area contributed by atoms with E-state index in [9.17, 15) is 5.26 Å². The molecule has 0 saturated carbocycles. The first-order chi connectivity index (χ1) is 14.2. The number of morpholine rings is 1. The third-order valence-electron chi connectivity index (χ3n) is 5.48. The molecule has 0 aromatic carbocycles. The number of pyridine rings is 1. The van der Waals surface area contributed by atoms with E-state index in [0.717, 1.165) is 74.3 Å². The highest BCUT2D eigenvalue weighted by atomic mass is 79.9. The maximum atomic E-state index is 9.50. The van der Waals surface area contributed by atoms with Crippen LogP contribution in [0.5, 0.6) is 0 Å². The maximum absolute atomic E-state index is 9.50. The van der Waals surface area contributed by atoms with Gasteiger partial charge in [-0.1, -0.05) is 0 Å². The van der Waals surface area contributed by atoms with Gasteiger partial charge in [-0.05, 0) is 40.9 Å². The van der Waals surface area contributed by atoms with Crippen molar-refractivity contribution in [2.24, 2.45) is 0 Å². The highest BCUT2D eigenvalue weighted by molar-refractivity contribution is 9.10. The maximum Gasteiger partial charge on any atom is 0.227 e. The first-order valence-corrected chi connectivity index (χ1v) is 10.6. The second-order valence-electron chi connectivity index (χ2n) is 7.30. The van der Waals surface area contributed by atoms with Crippen molar-refractivity contribution in [3.05, 3.63) is 34.6 Å². The summed E-state index contributed by atoms with van der Waals surface area (Å²) >= 11 is 3.40. The fraction of sp³-hybridized carbons (Fsp3) is 0.500. The van der Waals surface area contributed by atoms with Gasteiger partial charge in [-0.15, -0.1) is 0 Å². The van der Waals surface area contributed by atoms with E-state index in [-0.39, 0.29) is 6.04 Å². The lowest BCUT2D eigenvalue weighted by atomic mass is 10.0. The molecule has 0 spiro atoms. The molecule has 9 heteroatoms. The van der Waals surface area contributed by atoms with Crippen LogP contribution in [0.25, 0.3) is 0 Å². The molecule has 2 saturated heterocycles. The van der Waals surface area contributed by atoms with Crippen molar-refractivity contribution in [3.8, 4) is 6.07 Å². The normalized spacial score (nSPS) is 19.7. The molecule has 0 radical (unpaired) electrons. The Kier molecular flexibility index (Phi) is 6.11. The topological polar surface area (TPSA) is 81.4 Å². The molecule has 152 valence electrons. The summed E-state index contributed by atoms with van der Waals surface area (Å²) in [6.45, 7) is 4.84. The number of rotatable bonds is 4. The fourth-order valence-electron chi connectivity index (χ4n) is 3.87. The minimum Gasteiger partial charge on any atom is -0.378 e. The van der Waals surface area contributed by atoms with E-state index in [1.165, 1.54) is 0 Å². The lowest BCUT2D eigenvalue weighted by molar-refractivity contribution is 0.122. The summed E-state index contributed by atoms with van der Waals surface area (Å²) < 4.78 is 6.26. The van der Waals surface area contributed by atoms with Crippen LogP contribution in [0, 0.1) is 11.3 Å². The van der Waals surface area contributed by atoms with Crippen LogP contribution in [-0.2, 0) is 4.74 Å². The standard InChI is InChI=1S/C20H24BrN7O/c1-26(20-23-5-4-18(25-20)27-7-9-29-10-8-27)17-3-2-6-28(14-17)19-15(12-22)11-16(21)13-24-19/h4-5,11,13,17H,2-3,6-10,14H2,1H3. The van der Waals surface area contributed by atoms with Crippen molar-refractivity contribution in [3.63, 3.8) is 0 Å². The van der Waals surface area contributed by atoms with Gasteiger partial charge < -0.3 is 19.4 Å². The van der Waals surface area contributed by atoms with Gasteiger partial charge in [0.2, 0.25) is 5.95 Å². The molecular formula is C20H24BrN7O. The third-order valence-corrected chi connectivity index (χ3v) is 5.91. The first-order valence-electron chi connectivity index (χ1n) is 9.85. The lowest BCUT2D eigenvalue weighted by Gasteiger charge is -2.38. The molecule has 0 aliphatic carbocycles. The summed E-state index contributed by atoms with van der Waals surface area (Å²) in [5.74, 6) is 2.42. The number of piperidine rings is 1. The van der Waals surface area contributed by atoms with E-state index in [1.807, 2.05) is 25.4 Å². The summed E-state index contributed by atoms with van der Waals surface area (Å²) in [7, 11) is 2.05. The number of aromatic nitrogens is 3. The number of likely N-dealkylation sites (N-methyl/N-ethyl adjacent to an activating group) is 1. The third kappa shape index (κ3) is 4.43. The Morgan fingerprint density at radius 3 is 2.86 bits per heavy atom. The van der Waals surface area contributed by atoms with Crippen molar-refractivity contribution in [1.82, 2.24) is 15.0 Å². The lowest BCUT2D eigenvalue weighted by Crippen LogP contribution is -2.47. The Hall–Kier alpha value is -2.44. The number of hydrogen-bond acceptors (Lipinski definition) is 8. The van der Waals surface area contributed by atoms with Gasteiger partial charge in [0.25, 0.3) is 0 Å². The molecule has 2 aromatic heterocycles. The minimum atomic E-state index is 0.251. The van der Waals surface area contributed by atoms with Crippen LogP contribution >= 0.6 is 15.9 Å².